The Morgan fingerprint density at radius 3 is 2.39 bits per heavy atom. The van der Waals surface area contributed by atoms with Crippen LogP contribution in [0.15, 0.2) is 47.4 Å². The highest BCUT2D eigenvalue weighted by atomic mass is 32.2. The number of nitriles is 1. The van der Waals surface area contributed by atoms with Gasteiger partial charge >= 0.3 is 0 Å². The van der Waals surface area contributed by atoms with Crippen LogP contribution in [0.4, 0.5) is 5.69 Å². The molecular formula is C25H32N2S. The molecule has 1 atom stereocenters. The SMILES string of the molecule is CCC(S/C=C(\C)Cc1cc(C)c(N)cc1C)c1ccc(C(C)(C)C#N)cc1. The zero-order valence-electron chi connectivity index (χ0n) is 18.0. The summed E-state index contributed by atoms with van der Waals surface area (Å²) < 4.78 is 0. The Hall–Kier alpha value is -2.18. The molecule has 0 saturated carbocycles. The minimum absolute atomic E-state index is 0.420. The monoisotopic (exact) mass is 392 g/mol. The largest absolute Gasteiger partial charge is 0.399 e. The zero-order chi connectivity index (χ0) is 20.9. The number of hydrogen-bond donors (Lipinski definition) is 1. The van der Waals surface area contributed by atoms with E-state index in [0.717, 1.165) is 29.7 Å². The van der Waals surface area contributed by atoms with Crippen LogP contribution in [-0.4, -0.2) is 0 Å². The number of nitrogens with zero attached hydrogens (tertiary/aromatic N) is 1. The van der Waals surface area contributed by atoms with Crippen molar-refractivity contribution in [2.45, 2.75) is 65.0 Å². The fourth-order valence-electron chi connectivity index (χ4n) is 3.22. The van der Waals surface area contributed by atoms with Crippen LogP contribution in [0, 0.1) is 25.2 Å². The summed E-state index contributed by atoms with van der Waals surface area (Å²) in [4.78, 5) is 0. The number of benzene rings is 2. The van der Waals surface area contributed by atoms with Crippen molar-refractivity contribution in [3.8, 4) is 6.07 Å². The van der Waals surface area contributed by atoms with Crippen LogP contribution in [0.3, 0.4) is 0 Å². The molecule has 1 unspecified atom stereocenters. The van der Waals surface area contributed by atoms with Crippen molar-refractivity contribution in [1.29, 1.82) is 5.26 Å². The fourth-order valence-corrected chi connectivity index (χ4v) is 4.21. The van der Waals surface area contributed by atoms with Gasteiger partial charge in [-0.1, -0.05) is 42.8 Å². The molecule has 0 heterocycles. The summed E-state index contributed by atoms with van der Waals surface area (Å²) in [6.45, 7) is 12.5. The van der Waals surface area contributed by atoms with Crippen molar-refractivity contribution >= 4 is 17.4 Å². The van der Waals surface area contributed by atoms with E-state index in [2.05, 4.69) is 75.6 Å². The maximum atomic E-state index is 9.32. The van der Waals surface area contributed by atoms with E-state index in [1.54, 1.807) is 0 Å². The highest BCUT2D eigenvalue weighted by molar-refractivity contribution is 8.02. The third-order valence-electron chi connectivity index (χ3n) is 5.28. The molecule has 0 radical (unpaired) electrons. The van der Waals surface area contributed by atoms with Crippen LogP contribution in [0.25, 0.3) is 0 Å². The Bertz CT molecular complexity index is 886. The second-order valence-electron chi connectivity index (χ2n) is 8.17. The van der Waals surface area contributed by atoms with E-state index < -0.39 is 5.41 Å². The highest BCUT2D eigenvalue weighted by Crippen LogP contribution is 2.35. The van der Waals surface area contributed by atoms with Crippen LogP contribution >= 0.6 is 11.8 Å². The number of nitrogen functional groups attached to an aromatic ring is 1. The molecule has 0 aliphatic rings. The molecule has 0 aliphatic carbocycles. The molecule has 0 spiro atoms. The summed E-state index contributed by atoms with van der Waals surface area (Å²) in [7, 11) is 0. The summed E-state index contributed by atoms with van der Waals surface area (Å²) in [6.07, 6.45) is 2.02. The molecule has 2 rings (SSSR count). The summed E-state index contributed by atoms with van der Waals surface area (Å²) >= 11 is 1.88. The molecule has 28 heavy (non-hydrogen) atoms. The molecule has 0 fully saturated rings. The van der Waals surface area contributed by atoms with Gasteiger partial charge in [-0.3, -0.25) is 0 Å². The molecule has 2 aromatic carbocycles. The minimum Gasteiger partial charge on any atom is -0.399 e. The predicted molar refractivity (Wildman–Crippen MR) is 123 cm³/mol. The van der Waals surface area contributed by atoms with E-state index in [4.69, 9.17) is 5.73 Å². The molecule has 0 amide bonds. The lowest BCUT2D eigenvalue weighted by Crippen LogP contribution is -2.13. The molecule has 0 bridgehead atoms. The van der Waals surface area contributed by atoms with E-state index in [1.165, 1.54) is 22.3 Å². The van der Waals surface area contributed by atoms with Gasteiger partial charge in [-0.25, -0.2) is 0 Å². The number of rotatable bonds is 7. The van der Waals surface area contributed by atoms with Gasteiger partial charge < -0.3 is 5.73 Å². The first-order chi connectivity index (χ1) is 13.2. The lowest BCUT2D eigenvalue weighted by atomic mass is 9.86. The number of aryl methyl sites for hydroxylation is 2. The molecular weight excluding hydrogens is 360 g/mol. The number of allylic oxidation sites excluding steroid dienone is 1. The lowest BCUT2D eigenvalue weighted by molar-refractivity contribution is 0.686. The number of nitrogens with two attached hydrogens (primary N) is 1. The number of hydrogen-bond acceptors (Lipinski definition) is 3. The maximum Gasteiger partial charge on any atom is 0.0766 e. The molecule has 3 heteroatoms. The molecule has 0 saturated heterocycles. The van der Waals surface area contributed by atoms with Crippen LogP contribution in [-0.2, 0) is 11.8 Å². The van der Waals surface area contributed by atoms with E-state index in [0.29, 0.717) is 5.25 Å². The van der Waals surface area contributed by atoms with Gasteiger partial charge in [0.25, 0.3) is 0 Å². The first kappa shape index (κ1) is 22.1. The predicted octanol–water partition coefficient (Wildman–Crippen LogP) is 7.02. The van der Waals surface area contributed by atoms with Crippen molar-refractivity contribution in [1.82, 2.24) is 0 Å². The average Bonchev–Trinajstić information content (AvgIpc) is 2.67. The summed E-state index contributed by atoms with van der Waals surface area (Å²) in [6, 6.07) is 15.2. The highest BCUT2D eigenvalue weighted by Gasteiger charge is 2.20. The van der Waals surface area contributed by atoms with Crippen molar-refractivity contribution in [2.24, 2.45) is 0 Å². The smallest absolute Gasteiger partial charge is 0.0766 e. The first-order valence-electron chi connectivity index (χ1n) is 9.86. The normalized spacial score (nSPS) is 13.2. The Balaban J connectivity index is 2.10. The van der Waals surface area contributed by atoms with Gasteiger partial charge in [-0.05, 0) is 86.8 Å². The third-order valence-corrected chi connectivity index (χ3v) is 6.75. The van der Waals surface area contributed by atoms with Gasteiger partial charge in [-0.2, -0.15) is 5.26 Å². The summed E-state index contributed by atoms with van der Waals surface area (Å²) in [5, 5.41) is 12.0. The molecule has 2 nitrogen and oxygen atoms in total. The Morgan fingerprint density at radius 2 is 1.82 bits per heavy atom. The van der Waals surface area contributed by atoms with E-state index in [9.17, 15) is 5.26 Å². The van der Waals surface area contributed by atoms with E-state index in [-0.39, 0.29) is 0 Å². The molecule has 2 aromatic rings. The molecule has 2 N–H and O–H groups in total. The maximum absolute atomic E-state index is 9.32. The second-order valence-corrected chi connectivity index (χ2v) is 9.24. The van der Waals surface area contributed by atoms with Crippen molar-refractivity contribution in [2.75, 3.05) is 5.73 Å². The van der Waals surface area contributed by atoms with Gasteiger partial charge in [0.2, 0.25) is 0 Å². The summed E-state index contributed by atoms with van der Waals surface area (Å²) in [5.41, 5.74) is 13.9. The van der Waals surface area contributed by atoms with Crippen LogP contribution in [0.5, 0.6) is 0 Å². The first-order valence-corrected chi connectivity index (χ1v) is 10.8. The molecule has 0 aliphatic heterocycles. The standard InChI is InChI=1S/C25H32N2S/c1-7-24(20-8-10-22(11-9-20)25(5,6)16-26)28-15-17(2)12-21-13-19(4)23(27)14-18(21)3/h8-11,13-15,24H,7,12,27H2,1-6H3/b17-15+. The van der Waals surface area contributed by atoms with Gasteiger partial charge in [0.1, 0.15) is 0 Å². The fraction of sp³-hybridized carbons (Fsp3) is 0.400. The van der Waals surface area contributed by atoms with Gasteiger partial charge in [0, 0.05) is 10.9 Å². The van der Waals surface area contributed by atoms with Gasteiger partial charge in [0.15, 0.2) is 0 Å². The van der Waals surface area contributed by atoms with Gasteiger partial charge in [-0.15, -0.1) is 11.8 Å². The second kappa shape index (κ2) is 9.34. The number of thioether (sulfide) groups is 1. The van der Waals surface area contributed by atoms with Crippen LogP contribution in [0.1, 0.15) is 67.2 Å². The summed E-state index contributed by atoms with van der Waals surface area (Å²) in [5.74, 6) is 0. The Labute approximate surface area is 174 Å². The Kier molecular flexibility index (Phi) is 7.38. The topological polar surface area (TPSA) is 49.8 Å². The third kappa shape index (κ3) is 5.42. The lowest BCUT2D eigenvalue weighted by Gasteiger charge is -2.18. The molecule has 0 aromatic heterocycles. The van der Waals surface area contributed by atoms with E-state index in [1.807, 2.05) is 25.6 Å². The quantitative estimate of drug-likeness (QED) is 0.515. The average molecular weight is 393 g/mol. The molecule has 148 valence electrons. The van der Waals surface area contributed by atoms with Crippen molar-refractivity contribution in [3.63, 3.8) is 0 Å². The zero-order valence-corrected chi connectivity index (χ0v) is 18.8. The van der Waals surface area contributed by atoms with Crippen LogP contribution < -0.4 is 5.73 Å². The van der Waals surface area contributed by atoms with Gasteiger partial charge in [0.05, 0.1) is 11.5 Å². The Morgan fingerprint density at radius 1 is 1.18 bits per heavy atom. The van der Waals surface area contributed by atoms with Crippen molar-refractivity contribution < 1.29 is 0 Å². The van der Waals surface area contributed by atoms with E-state index >= 15 is 0 Å². The van der Waals surface area contributed by atoms with Crippen LogP contribution in [0.2, 0.25) is 0 Å². The van der Waals surface area contributed by atoms with Crippen molar-refractivity contribution in [3.05, 3.63) is 75.2 Å². The minimum atomic E-state index is -0.445. The number of anilines is 1.